The standard InChI is InChI=1S/C13H18BrFO/c1-9(2)13(16)5-3-4-10-6-7-11(14)8-12(10)15/h6-9,13,16H,3-5H2,1-2H3. The van der Waals surface area contributed by atoms with E-state index in [2.05, 4.69) is 15.9 Å². The molecule has 0 aliphatic rings. The minimum absolute atomic E-state index is 0.173. The molecule has 1 aromatic carbocycles. The first-order valence-corrected chi connectivity index (χ1v) is 6.42. The molecule has 90 valence electrons. The van der Waals surface area contributed by atoms with Gasteiger partial charge in [0.15, 0.2) is 0 Å². The zero-order valence-electron chi connectivity index (χ0n) is 9.71. The first-order valence-electron chi connectivity index (χ1n) is 5.62. The molecule has 0 fully saturated rings. The summed E-state index contributed by atoms with van der Waals surface area (Å²) in [7, 11) is 0. The summed E-state index contributed by atoms with van der Waals surface area (Å²) in [6.07, 6.45) is 1.95. The van der Waals surface area contributed by atoms with Crippen LogP contribution in [0.25, 0.3) is 0 Å². The Morgan fingerprint density at radius 3 is 2.62 bits per heavy atom. The molecule has 1 aromatic rings. The first-order chi connectivity index (χ1) is 7.50. The zero-order chi connectivity index (χ0) is 12.1. The van der Waals surface area contributed by atoms with Crippen LogP contribution < -0.4 is 0 Å². The second-order valence-electron chi connectivity index (χ2n) is 4.44. The largest absolute Gasteiger partial charge is 0.393 e. The monoisotopic (exact) mass is 288 g/mol. The predicted molar refractivity (Wildman–Crippen MR) is 67.9 cm³/mol. The number of rotatable bonds is 5. The first kappa shape index (κ1) is 13.7. The number of benzene rings is 1. The molecule has 1 atom stereocenters. The lowest BCUT2D eigenvalue weighted by atomic mass is 9.99. The van der Waals surface area contributed by atoms with E-state index in [1.54, 1.807) is 6.07 Å². The molecule has 0 heterocycles. The fraction of sp³-hybridized carbons (Fsp3) is 0.538. The summed E-state index contributed by atoms with van der Waals surface area (Å²) in [5, 5.41) is 9.62. The highest BCUT2D eigenvalue weighted by atomic mass is 79.9. The van der Waals surface area contributed by atoms with Gasteiger partial charge in [0.1, 0.15) is 5.82 Å². The fourth-order valence-corrected chi connectivity index (χ4v) is 1.89. The molecule has 0 spiro atoms. The van der Waals surface area contributed by atoms with Crippen LogP contribution >= 0.6 is 15.9 Å². The number of hydrogen-bond donors (Lipinski definition) is 1. The van der Waals surface area contributed by atoms with Gasteiger partial charge in [0.2, 0.25) is 0 Å². The summed E-state index contributed by atoms with van der Waals surface area (Å²) in [5.41, 5.74) is 0.721. The minimum atomic E-state index is -0.279. The van der Waals surface area contributed by atoms with Crippen molar-refractivity contribution in [2.24, 2.45) is 5.92 Å². The van der Waals surface area contributed by atoms with Gasteiger partial charge in [0, 0.05) is 4.47 Å². The van der Waals surface area contributed by atoms with Gasteiger partial charge in [-0.2, -0.15) is 0 Å². The number of aliphatic hydroxyl groups excluding tert-OH is 1. The average molecular weight is 289 g/mol. The molecule has 3 heteroatoms. The molecule has 0 bridgehead atoms. The maximum absolute atomic E-state index is 13.4. The second kappa shape index (κ2) is 6.36. The highest BCUT2D eigenvalue weighted by Gasteiger charge is 2.09. The number of halogens is 2. The Morgan fingerprint density at radius 1 is 1.38 bits per heavy atom. The summed E-state index contributed by atoms with van der Waals surface area (Å²) >= 11 is 3.23. The van der Waals surface area contributed by atoms with Crippen LogP contribution in [0.15, 0.2) is 22.7 Å². The number of aliphatic hydroxyl groups is 1. The second-order valence-corrected chi connectivity index (χ2v) is 5.36. The minimum Gasteiger partial charge on any atom is -0.393 e. The van der Waals surface area contributed by atoms with Gasteiger partial charge in [-0.1, -0.05) is 35.8 Å². The summed E-state index contributed by atoms with van der Waals surface area (Å²) in [6.45, 7) is 3.98. The Morgan fingerprint density at radius 2 is 2.06 bits per heavy atom. The molecular formula is C13H18BrFO. The molecule has 0 saturated heterocycles. The van der Waals surface area contributed by atoms with Gasteiger partial charge in [0.25, 0.3) is 0 Å². The quantitative estimate of drug-likeness (QED) is 0.870. The molecule has 1 unspecified atom stereocenters. The van der Waals surface area contributed by atoms with Crippen LogP contribution in [-0.4, -0.2) is 11.2 Å². The van der Waals surface area contributed by atoms with Crippen LogP contribution in [0.4, 0.5) is 4.39 Å². The predicted octanol–water partition coefficient (Wildman–Crippen LogP) is 3.93. The fourth-order valence-electron chi connectivity index (χ4n) is 1.56. The average Bonchev–Trinajstić information content (AvgIpc) is 2.20. The summed E-state index contributed by atoms with van der Waals surface area (Å²) < 4.78 is 14.2. The van der Waals surface area contributed by atoms with Crippen LogP contribution in [0, 0.1) is 11.7 Å². The van der Waals surface area contributed by atoms with Crippen molar-refractivity contribution in [2.45, 2.75) is 39.2 Å². The Kier molecular flexibility index (Phi) is 5.42. The zero-order valence-corrected chi connectivity index (χ0v) is 11.3. The van der Waals surface area contributed by atoms with Gasteiger partial charge >= 0.3 is 0 Å². The lowest BCUT2D eigenvalue weighted by molar-refractivity contribution is 0.114. The van der Waals surface area contributed by atoms with Crippen molar-refractivity contribution >= 4 is 15.9 Å². The summed E-state index contributed by atoms with van der Waals surface area (Å²) in [4.78, 5) is 0. The summed E-state index contributed by atoms with van der Waals surface area (Å²) in [6, 6.07) is 5.12. The molecular weight excluding hydrogens is 271 g/mol. The third-order valence-electron chi connectivity index (χ3n) is 2.73. The maximum Gasteiger partial charge on any atom is 0.127 e. The third-order valence-corrected chi connectivity index (χ3v) is 3.22. The van der Waals surface area contributed by atoms with Crippen molar-refractivity contribution in [1.82, 2.24) is 0 Å². The van der Waals surface area contributed by atoms with E-state index in [1.807, 2.05) is 19.9 Å². The maximum atomic E-state index is 13.4. The normalized spacial score (nSPS) is 13.1. The SMILES string of the molecule is CC(C)C(O)CCCc1ccc(Br)cc1F. The molecule has 1 nitrogen and oxygen atoms in total. The van der Waals surface area contributed by atoms with Gasteiger partial charge < -0.3 is 5.11 Å². The van der Waals surface area contributed by atoms with Crippen LogP contribution in [0.2, 0.25) is 0 Å². The van der Waals surface area contributed by atoms with Crippen LogP contribution in [0.1, 0.15) is 32.3 Å². The van der Waals surface area contributed by atoms with Crippen molar-refractivity contribution < 1.29 is 9.50 Å². The number of aryl methyl sites for hydroxylation is 1. The molecule has 16 heavy (non-hydrogen) atoms. The van der Waals surface area contributed by atoms with E-state index in [-0.39, 0.29) is 17.8 Å². The van der Waals surface area contributed by atoms with Crippen molar-refractivity contribution in [2.75, 3.05) is 0 Å². The van der Waals surface area contributed by atoms with Crippen molar-refractivity contribution in [3.05, 3.63) is 34.1 Å². The summed E-state index contributed by atoms with van der Waals surface area (Å²) in [5.74, 6) is 0.100. The van der Waals surface area contributed by atoms with E-state index in [1.165, 1.54) is 6.07 Å². The van der Waals surface area contributed by atoms with Crippen molar-refractivity contribution in [3.8, 4) is 0 Å². The highest BCUT2D eigenvalue weighted by Crippen LogP contribution is 2.18. The van der Waals surface area contributed by atoms with Gasteiger partial charge in [-0.25, -0.2) is 4.39 Å². The molecule has 0 saturated carbocycles. The van der Waals surface area contributed by atoms with Crippen molar-refractivity contribution in [1.29, 1.82) is 0 Å². The molecule has 0 amide bonds. The molecule has 0 aromatic heterocycles. The molecule has 1 N–H and O–H groups in total. The highest BCUT2D eigenvalue weighted by molar-refractivity contribution is 9.10. The Labute approximate surface area is 105 Å². The molecule has 1 rings (SSSR count). The van der Waals surface area contributed by atoms with E-state index in [0.29, 0.717) is 6.42 Å². The van der Waals surface area contributed by atoms with Crippen LogP contribution in [0.3, 0.4) is 0 Å². The Hall–Kier alpha value is -0.410. The molecule has 0 radical (unpaired) electrons. The van der Waals surface area contributed by atoms with Gasteiger partial charge in [-0.05, 0) is 42.9 Å². The Bertz CT molecular complexity index is 339. The molecule has 0 aliphatic heterocycles. The number of hydrogen-bond acceptors (Lipinski definition) is 1. The van der Waals surface area contributed by atoms with E-state index in [9.17, 15) is 9.50 Å². The van der Waals surface area contributed by atoms with Gasteiger partial charge in [-0.15, -0.1) is 0 Å². The topological polar surface area (TPSA) is 20.2 Å². The van der Waals surface area contributed by atoms with Crippen LogP contribution in [0.5, 0.6) is 0 Å². The lowest BCUT2D eigenvalue weighted by Crippen LogP contribution is -2.14. The van der Waals surface area contributed by atoms with E-state index < -0.39 is 0 Å². The van der Waals surface area contributed by atoms with Gasteiger partial charge in [0.05, 0.1) is 6.10 Å². The van der Waals surface area contributed by atoms with E-state index >= 15 is 0 Å². The molecule has 0 aliphatic carbocycles. The third kappa shape index (κ3) is 4.22. The van der Waals surface area contributed by atoms with Crippen molar-refractivity contribution in [3.63, 3.8) is 0 Å². The van der Waals surface area contributed by atoms with E-state index in [4.69, 9.17) is 0 Å². The van der Waals surface area contributed by atoms with Crippen LogP contribution in [-0.2, 0) is 6.42 Å². The smallest absolute Gasteiger partial charge is 0.127 e. The van der Waals surface area contributed by atoms with Gasteiger partial charge in [-0.3, -0.25) is 0 Å². The Balaban J connectivity index is 2.43. The van der Waals surface area contributed by atoms with E-state index in [0.717, 1.165) is 22.9 Å². The lowest BCUT2D eigenvalue weighted by Gasteiger charge is -2.13.